The molecule has 152 valence electrons. The summed E-state index contributed by atoms with van der Waals surface area (Å²) in [4.78, 5) is 35.6. The predicted octanol–water partition coefficient (Wildman–Crippen LogP) is 2.98. The van der Waals surface area contributed by atoms with Crippen LogP contribution < -0.4 is 15.6 Å². The van der Waals surface area contributed by atoms with Crippen LogP contribution in [0, 0.1) is 0 Å². The standard InChI is InChI=1S/C23H20N2O5/c1-29-23(28)18-13-11-17(12-14-18)22(27)25-24-21(26)15-30-20-10-6-5-9-19(20)16-7-3-2-4-8-16/h2-14H,15H2,1H3,(H,24,26)(H,25,27). The van der Waals surface area contributed by atoms with Gasteiger partial charge in [0.1, 0.15) is 5.75 Å². The average molecular weight is 404 g/mol. The number of nitrogens with one attached hydrogen (secondary N) is 2. The largest absolute Gasteiger partial charge is 0.483 e. The van der Waals surface area contributed by atoms with Gasteiger partial charge in [-0.1, -0.05) is 48.5 Å². The Hall–Kier alpha value is -4.13. The first-order valence-electron chi connectivity index (χ1n) is 9.13. The van der Waals surface area contributed by atoms with Crippen molar-refractivity contribution in [2.24, 2.45) is 0 Å². The molecule has 0 atom stereocenters. The van der Waals surface area contributed by atoms with E-state index in [1.807, 2.05) is 48.5 Å². The van der Waals surface area contributed by atoms with Gasteiger partial charge in [-0.2, -0.15) is 0 Å². The molecule has 30 heavy (non-hydrogen) atoms. The lowest BCUT2D eigenvalue weighted by atomic mass is 10.1. The van der Waals surface area contributed by atoms with Gasteiger partial charge in [0.15, 0.2) is 6.61 Å². The first-order valence-corrected chi connectivity index (χ1v) is 9.13. The molecule has 0 saturated heterocycles. The van der Waals surface area contributed by atoms with Crippen LogP contribution in [0.25, 0.3) is 11.1 Å². The third-order valence-corrected chi connectivity index (χ3v) is 4.21. The molecule has 0 aliphatic carbocycles. The van der Waals surface area contributed by atoms with Crippen LogP contribution in [-0.4, -0.2) is 31.5 Å². The summed E-state index contributed by atoms with van der Waals surface area (Å²) in [6.07, 6.45) is 0. The van der Waals surface area contributed by atoms with Crippen molar-refractivity contribution >= 4 is 17.8 Å². The van der Waals surface area contributed by atoms with Gasteiger partial charge in [-0.05, 0) is 35.9 Å². The highest BCUT2D eigenvalue weighted by atomic mass is 16.5. The van der Waals surface area contributed by atoms with Crippen molar-refractivity contribution in [1.29, 1.82) is 0 Å². The maximum atomic E-state index is 12.1. The van der Waals surface area contributed by atoms with E-state index in [4.69, 9.17) is 4.74 Å². The van der Waals surface area contributed by atoms with Crippen LogP contribution in [0.4, 0.5) is 0 Å². The first kappa shape index (κ1) is 20.6. The summed E-state index contributed by atoms with van der Waals surface area (Å²) < 4.78 is 10.2. The number of rotatable bonds is 6. The molecule has 0 aliphatic rings. The highest BCUT2D eigenvalue weighted by Gasteiger charge is 2.11. The lowest BCUT2D eigenvalue weighted by molar-refractivity contribution is -0.123. The van der Waals surface area contributed by atoms with E-state index < -0.39 is 17.8 Å². The van der Waals surface area contributed by atoms with Gasteiger partial charge in [-0.3, -0.25) is 20.4 Å². The number of para-hydroxylation sites is 1. The van der Waals surface area contributed by atoms with Crippen molar-refractivity contribution in [1.82, 2.24) is 10.9 Å². The summed E-state index contributed by atoms with van der Waals surface area (Å²) in [6.45, 7) is -0.272. The number of amides is 2. The van der Waals surface area contributed by atoms with Gasteiger partial charge in [-0.15, -0.1) is 0 Å². The van der Waals surface area contributed by atoms with Crippen LogP contribution in [-0.2, 0) is 9.53 Å². The molecule has 7 nitrogen and oxygen atoms in total. The molecule has 2 amide bonds. The maximum absolute atomic E-state index is 12.1. The topological polar surface area (TPSA) is 93.7 Å². The Morgan fingerprint density at radius 1 is 0.767 bits per heavy atom. The Morgan fingerprint density at radius 3 is 2.10 bits per heavy atom. The molecule has 0 aliphatic heterocycles. The zero-order valence-corrected chi connectivity index (χ0v) is 16.3. The molecular formula is C23H20N2O5. The number of carbonyl (C=O) groups is 3. The molecule has 3 rings (SSSR count). The molecule has 7 heteroatoms. The summed E-state index contributed by atoms with van der Waals surface area (Å²) in [5.74, 6) is -0.978. The molecule has 0 saturated carbocycles. The predicted molar refractivity (Wildman–Crippen MR) is 111 cm³/mol. The molecule has 0 fully saturated rings. The number of carbonyl (C=O) groups excluding carboxylic acids is 3. The molecule has 0 aromatic heterocycles. The van der Waals surface area contributed by atoms with Gasteiger partial charge >= 0.3 is 5.97 Å². The SMILES string of the molecule is COC(=O)c1ccc(C(=O)NNC(=O)COc2ccccc2-c2ccccc2)cc1. The van der Waals surface area contributed by atoms with Crippen LogP contribution in [0.15, 0.2) is 78.9 Å². The number of esters is 1. The van der Waals surface area contributed by atoms with Gasteiger partial charge in [0.05, 0.1) is 12.7 Å². The summed E-state index contributed by atoms with van der Waals surface area (Å²) in [5, 5.41) is 0. The first-order chi connectivity index (χ1) is 14.6. The number of ether oxygens (including phenoxy) is 2. The van der Waals surface area contributed by atoms with Gasteiger partial charge in [0.25, 0.3) is 11.8 Å². The number of methoxy groups -OCH3 is 1. The van der Waals surface area contributed by atoms with Crippen LogP contribution in [0.5, 0.6) is 5.75 Å². The summed E-state index contributed by atoms with van der Waals surface area (Å²) in [6, 6.07) is 22.9. The Balaban J connectivity index is 1.53. The lowest BCUT2D eigenvalue weighted by Crippen LogP contribution is -2.43. The lowest BCUT2D eigenvalue weighted by Gasteiger charge is -2.12. The van der Waals surface area contributed by atoms with Crippen LogP contribution in [0.1, 0.15) is 20.7 Å². The molecule has 0 bridgehead atoms. The third kappa shape index (κ3) is 5.23. The van der Waals surface area contributed by atoms with E-state index in [9.17, 15) is 14.4 Å². The average Bonchev–Trinajstić information content (AvgIpc) is 2.81. The van der Waals surface area contributed by atoms with Crippen molar-refractivity contribution in [3.8, 4) is 16.9 Å². The van der Waals surface area contributed by atoms with E-state index in [0.717, 1.165) is 11.1 Å². The highest BCUT2D eigenvalue weighted by Crippen LogP contribution is 2.29. The quantitative estimate of drug-likeness (QED) is 0.487. The van der Waals surface area contributed by atoms with Crippen LogP contribution in [0.3, 0.4) is 0 Å². The van der Waals surface area contributed by atoms with Gasteiger partial charge in [0, 0.05) is 11.1 Å². The van der Waals surface area contributed by atoms with E-state index in [-0.39, 0.29) is 12.2 Å². The minimum Gasteiger partial charge on any atom is -0.483 e. The minimum absolute atomic E-state index is 0.272. The van der Waals surface area contributed by atoms with Gasteiger partial charge < -0.3 is 9.47 Å². The Morgan fingerprint density at radius 2 is 1.40 bits per heavy atom. The maximum Gasteiger partial charge on any atom is 0.337 e. The van der Waals surface area contributed by atoms with Crippen LogP contribution >= 0.6 is 0 Å². The van der Waals surface area contributed by atoms with E-state index in [1.54, 1.807) is 6.07 Å². The Kier molecular flexibility index (Phi) is 6.78. The fraction of sp³-hybridized carbons (Fsp3) is 0.0870. The molecular weight excluding hydrogens is 384 g/mol. The van der Waals surface area contributed by atoms with E-state index in [2.05, 4.69) is 15.6 Å². The molecule has 0 radical (unpaired) electrons. The van der Waals surface area contributed by atoms with Crippen molar-refractivity contribution < 1.29 is 23.9 Å². The minimum atomic E-state index is -0.524. The monoisotopic (exact) mass is 404 g/mol. The van der Waals surface area contributed by atoms with Gasteiger partial charge in [-0.25, -0.2) is 4.79 Å². The fourth-order valence-electron chi connectivity index (χ4n) is 2.70. The molecule has 3 aromatic rings. The zero-order valence-electron chi connectivity index (χ0n) is 16.3. The van der Waals surface area contributed by atoms with Crippen molar-refractivity contribution in [2.75, 3.05) is 13.7 Å². The van der Waals surface area contributed by atoms with Crippen LogP contribution in [0.2, 0.25) is 0 Å². The second-order valence-corrected chi connectivity index (χ2v) is 6.22. The normalized spacial score (nSPS) is 10.0. The van der Waals surface area contributed by atoms with Crippen molar-refractivity contribution in [2.45, 2.75) is 0 Å². The van der Waals surface area contributed by atoms with Crippen molar-refractivity contribution in [3.63, 3.8) is 0 Å². The van der Waals surface area contributed by atoms with E-state index in [0.29, 0.717) is 11.3 Å². The number of benzene rings is 3. The molecule has 0 heterocycles. The smallest absolute Gasteiger partial charge is 0.337 e. The van der Waals surface area contributed by atoms with E-state index in [1.165, 1.54) is 31.4 Å². The number of hydrazine groups is 1. The second-order valence-electron chi connectivity index (χ2n) is 6.22. The molecule has 0 unspecified atom stereocenters. The Bertz CT molecular complexity index is 1030. The number of hydrogen-bond acceptors (Lipinski definition) is 5. The third-order valence-electron chi connectivity index (χ3n) is 4.21. The van der Waals surface area contributed by atoms with Gasteiger partial charge in [0.2, 0.25) is 0 Å². The fourth-order valence-corrected chi connectivity index (χ4v) is 2.70. The zero-order chi connectivity index (χ0) is 21.3. The Labute approximate surface area is 173 Å². The highest BCUT2D eigenvalue weighted by molar-refractivity contribution is 5.97. The molecule has 2 N–H and O–H groups in total. The molecule has 3 aromatic carbocycles. The number of hydrogen-bond donors (Lipinski definition) is 2. The summed E-state index contributed by atoms with van der Waals surface area (Å²) >= 11 is 0. The summed E-state index contributed by atoms with van der Waals surface area (Å²) in [7, 11) is 1.28. The second kappa shape index (κ2) is 9.88. The van der Waals surface area contributed by atoms with E-state index >= 15 is 0 Å². The summed E-state index contributed by atoms with van der Waals surface area (Å²) in [5.41, 5.74) is 7.04. The van der Waals surface area contributed by atoms with Crippen molar-refractivity contribution in [3.05, 3.63) is 90.0 Å². The molecule has 0 spiro atoms.